The van der Waals surface area contributed by atoms with E-state index in [4.69, 9.17) is 16.0 Å². The van der Waals surface area contributed by atoms with E-state index in [0.29, 0.717) is 11.3 Å². The Morgan fingerprint density at radius 1 is 1.04 bits per heavy atom. The number of anilines is 1. The van der Waals surface area contributed by atoms with Crippen molar-refractivity contribution >= 4 is 29.0 Å². The van der Waals surface area contributed by atoms with Crippen molar-refractivity contribution in [1.29, 1.82) is 0 Å². The number of amides is 1. The smallest absolute Gasteiger partial charge is 0.416 e. The highest BCUT2D eigenvalue weighted by Crippen LogP contribution is 2.36. The van der Waals surface area contributed by atoms with Crippen LogP contribution in [0.3, 0.4) is 0 Å². The van der Waals surface area contributed by atoms with Crippen LogP contribution in [0, 0.1) is 0 Å². The number of carbonyl (C=O) groups is 2. The lowest BCUT2D eigenvalue weighted by atomic mass is 10.1. The largest absolute Gasteiger partial charge is 0.451 e. The molecule has 0 aliphatic carbocycles. The molecule has 0 spiro atoms. The molecule has 0 aliphatic rings. The zero-order valence-corrected chi connectivity index (χ0v) is 15.2. The molecule has 0 saturated carbocycles. The van der Waals surface area contributed by atoms with Crippen molar-refractivity contribution in [2.75, 3.05) is 5.32 Å². The molecule has 1 N–H and O–H groups in total. The number of carbonyl (C=O) groups excluding carboxylic acids is 2. The summed E-state index contributed by atoms with van der Waals surface area (Å²) in [6.45, 7) is 1.40. The fourth-order valence-corrected chi connectivity index (χ4v) is 2.71. The van der Waals surface area contributed by atoms with E-state index in [0.717, 1.165) is 18.2 Å². The Labute approximate surface area is 162 Å². The molecule has 0 atom stereocenters. The van der Waals surface area contributed by atoms with Crippen molar-refractivity contribution in [3.8, 4) is 11.3 Å². The van der Waals surface area contributed by atoms with Gasteiger partial charge in [0.1, 0.15) is 5.76 Å². The quantitative estimate of drug-likeness (QED) is 0.534. The Bertz CT molecular complexity index is 1060. The first-order chi connectivity index (χ1) is 13.1. The summed E-state index contributed by atoms with van der Waals surface area (Å²) >= 11 is 5.99. The number of halogens is 4. The second kappa shape index (κ2) is 7.52. The van der Waals surface area contributed by atoms with Gasteiger partial charge in [-0.05, 0) is 49.4 Å². The molecule has 0 fully saturated rings. The van der Waals surface area contributed by atoms with Crippen LogP contribution in [0.5, 0.6) is 0 Å². The van der Waals surface area contributed by atoms with Crippen LogP contribution in [0.2, 0.25) is 5.02 Å². The Balaban J connectivity index is 1.85. The van der Waals surface area contributed by atoms with Crippen LogP contribution < -0.4 is 5.32 Å². The number of rotatable bonds is 4. The lowest BCUT2D eigenvalue weighted by Crippen LogP contribution is -2.11. The van der Waals surface area contributed by atoms with Crippen molar-refractivity contribution < 1.29 is 27.2 Å². The van der Waals surface area contributed by atoms with Gasteiger partial charge in [-0.1, -0.05) is 23.7 Å². The minimum absolute atomic E-state index is 0.0223. The summed E-state index contributed by atoms with van der Waals surface area (Å²) in [6, 6.07) is 11.9. The molecule has 0 saturated heterocycles. The van der Waals surface area contributed by atoms with E-state index in [9.17, 15) is 22.8 Å². The molecule has 1 aromatic heterocycles. The van der Waals surface area contributed by atoms with E-state index in [-0.39, 0.29) is 27.9 Å². The molecule has 1 heterocycles. The van der Waals surface area contributed by atoms with Gasteiger partial charge >= 0.3 is 6.18 Å². The van der Waals surface area contributed by atoms with Gasteiger partial charge in [0.2, 0.25) is 0 Å². The van der Waals surface area contributed by atoms with Crippen LogP contribution in [0.1, 0.15) is 33.4 Å². The summed E-state index contributed by atoms with van der Waals surface area (Å²) in [7, 11) is 0. The van der Waals surface area contributed by atoms with Crippen molar-refractivity contribution in [2.24, 2.45) is 0 Å². The molecule has 0 unspecified atom stereocenters. The van der Waals surface area contributed by atoms with Crippen LogP contribution in [0.15, 0.2) is 59.0 Å². The topological polar surface area (TPSA) is 59.3 Å². The van der Waals surface area contributed by atoms with Gasteiger partial charge in [0.05, 0.1) is 10.6 Å². The number of Topliss-reactive ketones (excluding diaryl/α,β-unsaturated/α-hetero) is 1. The molecule has 1 amide bonds. The van der Waals surface area contributed by atoms with Crippen molar-refractivity contribution in [1.82, 2.24) is 0 Å². The molecule has 144 valence electrons. The molecule has 3 aromatic rings. The molecular weight excluding hydrogens is 395 g/mol. The van der Waals surface area contributed by atoms with Crippen molar-refractivity contribution in [3.05, 3.63) is 76.5 Å². The van der Waals surface area contributed by atoms with E-state index in [1.54, 1.807) is 18.2 Å². The molecule has 8 heteroatoms. The minimum Gasteiger partial charge on any atom is -0.451 e. The zero-order chi connectivity index (χ0) is 20.5. The van der Waals surface area contributed by atoms with Crippen molar-refractivity contribution in [3.63, 3.8) is 0 Å². The number of alkyl halides is 3. The van der Waals surface area contributed by atoms with E-state index in [2.05, 4.69) is 5.32 Å². The third-order valence-corrected chi connectivity index (χ3v) is 4.25. The average Bonchev–Trinajstić information content (AvgIpc) is 3.11. The van der Waals surface area contributed by atoms with Gasteiger partial charge in [-0.2, -0.15) is 13.2 Å². The van der Waals surface area contributed by atoms with Crippen LogP contribution >= 0.6 is 11.6 Å². The standard InChI is InChI=1S/C20H13ClF3NO3/c1-11(26)12-3-2-4-14(9-12)25-19(27)18-8-7-17(28-18)15-10-13(20(22,23)24)5-6-16(15)21/h2-10H,1H3,(H,25,27). The number of ketones is 1. The van der Waals surface area contributed by atoms with Crippen molar-refractivity contribution in [2.45, 2.75) is 13.1 Å². The number of hydrogen-bond acceptors (Lipinski definition) is 3. The predicted octanol–water partition coefficient (Wildman–Crippen LogP) is 6.07. The monoisotopic (exact) mass is 407 g/mol. The molecule has 0 aliphatic heterocycles. The van der Waals surface area contributed by atoms with E-state index >= 15 is 0 Å². The first-order valence-electron chi connectivity index (χ1n) is 8.04. The summed E-state index contributed by atoms with van der Waals surface area (Å²) < 4.78 is 44.2. The third kappa shape index (κ3) is 4.26. The lowest BCUT2D eigenvalue weighted by Gasteiger charge is -2.09. The maximum Gasteiger partial charge on any atom is 0.416 e. The lowest BCUT2D eigenvalue weighted by molar-refractivity contribution is -0.137. The second-order valence-corrected chi connectivity index (χ2v) is 6.35. The molecule has 28 heavy (non-hydrogen) atoms. The van der Waals surface area contributed by atoms with E-state index < -0.39 is 17.6 Å². The molecule has 0 radical (unpaired) electrons. The van der Waals surface area contributed by atoms with Gasteiger partial charge in [-0.3, -0.25) is 9.59 Å². The number of benzene rings is 2. The Morgan fingerprint density at radius 2 is 1.79 bits per heavy atom. The maximum atomic E-state index is 12.9. The fourth-order valence-electron chi connectivity index (χ4n) is 2.50. The third-order valence-electron chi connectivity index (χ3n) is 3.92. The fraction of sp³-hybridized carbons (Fsp3) is 0.100. The van der Waals surface area contributed by atoms with Crippen LogP contribution in [0.4, 0.5) is 18.9 Å². The first-order valence-corrected chi connectivity index (χ1v) is 8.42. The minimum atomic E-state index is -4.53. The summed E-state index contributed by atoms with van der Waals surface area (Å²) in [4.78, 5) is 23.8. The molecular formula is C20H13ClF3NO3. The Kier molecular flexibility index (Phi) is 5.29. The summed E-state index contributed by atoms with van der Waals surface area (Å²) in [5, 5.41) is 2.63. The Morgan fingerprint density at radius 3 is 2.46 bits per heavy atom. The average molecular weight is 408 g/mol. The number of furan rings is 1. The summed E-state index contributed by atoms with van der Waals surface area (Å²) in [6.07, 6.45) is -4.53. The highest BCUT2D eigenvalue weighted by molar-refractivity contribution is 6.33. The first kappa shape index (κ1) is 19.7. The second-order valence-electron chi connectivity index (χ2n) is 5.95. The molecule has 0 bridgehead atoms. The van der Waals surface area contributed by atoms with Gasteiger partial charge in [0, 0.05) is 16.8 Å². The van der Waals surface area contributed by atoms with E-state index in [1.807, 2.05) is 0 Å². The zero-order valence-electron chi connectivity index (χ0n) is 14.4. The van der Waals surface area contributed by atoms with Crippen LogP contribution in [0.25, 0.3) is 11.3 Å². The number of hydrogen-bond donors (Lipinski definition) is 1. The van der Waals surface area contributed by atoms with Gasteiger partial charge < -0.3 is 9.73 Å². The van der Waals surface area contributed by atoms with Gasteiger partial charge in [0.25, 0.3) is 5.91 Å². The molecule has 3 rings (SSSR count). The highest BCUT2D eigenvalue weighted by atomic mass is 35.5. The van der Waals surface area contributed by atoms with Gasteiger partial charge in [0.15, 0.2) is 11.5 Å². The predicted molar refractivity (Wildman–Crippen MR) is 98.6 cm³/mol. The van der Waals surface area contributed by atoms with Crippen LogP contribution in [-0.4, -0.2) is 11.7 Å². The van der Waals surface area contributed by atoms with Gasteiger partial charge in [-0.15, -0.1) is 0 Å². The normalized spacial score (nSPS) is 11.3. The summed E-state index contributed by atoms with van der Waals surface area (Å²) in [5.74, 6) is -0.860. The summed E-state index contributed by atoms with van der Waals surface area (Å²) in [5.41, 5.74) is -0.0501. The van der Waals surface area contributed by atoms with E-state index in [1.165, 1.54) is 25.1 Å². The molecule has 2 aromatic carbocycles. The number of nitrogens with one attached hydrogen (secondary N) is 1. The highest BCUT2D eigenvalue weighted by Gasteiger charge is 2.31. The maximum absolute atomic E-state index is 12.9. The molecule has 4 nitrogen and oxygen atoms in total. The Hall–Kier alpha value is -3.06. The SMILES string of the molecule is CC(=O)c1cccc(NC(=O)c2ccc(-c3cc(C(F)(F)F)ccc3Cl)o2)c1. The van der Waals surface area contributed by atoms with Gasteiger partial charge in [-0.25, -0.2) is 0 Å². The van der Waals surface area contributed by atoms with Crippen LogP contribution in [-0.2, 0) is 6.18 Å².